The number of nitrogens with one attached hydrogen (secondary N) is 1. The van der Waals surface area contributed by atoms with Crippen LogP contribution in [-0.2, 0) is 10.0 Å². The van der Waals surface area contributed by atoms with Gasteiger partial charge in [-0.15, -0.1) is 0 Å². The quantitative estimate of drug-likeness (QED) is 0.902. The molecule has 110 valence electrons. The van der Waals surface area contributed by atoms with E-state index in [-0.39, 0.29) is 16.4 Å². The Morgan fingerprint density at radius 2 is 1.90 bits per heavy atom. The fourth-order valence-corrected chi connectivity index (χ4v) is 3.13. The molecule has 0 atom stereocenters. The van der Waals surface area contributed by atoms with Gasteiger partial charge in [0.2, 0.25) is 0 Å². The first-order chi connectivity index (χ1) is 9.79. The summed E-state index contributed by atoms with van der Waals surface area (Å²) in [6.07, 6.45) is 0. The minimum atomic E-state index is -3.81. The average Bonchev–Trinajstić information content (AvgIpc) is 2.41. The molecule has 0 bridgehead atoms. The van der Waals surface area contributed by atoms with Crippen LogP contribution in [0.3, 0.4) is 0 Å². The molecule has 21 heavy (non-hydrogen) atoms. The van der Waals surface area contributed by atoms with Gasteiger partial charge >= 0.3 is 5.97 Å². The number of benzene rings is 1. The maximum atomic E-state index is 12.4. The minimum absolute atomic E-state index is 0.0317. The van der Waals surface area contributed by atoms with Crippen LogP contribution in [0.25, 0.3) is 0 Å². The summed E-state index contributed by atoms with van der Waals surface area (Å²) < 4.78 is 27.0. The number of carbonyl (C=O) groups is 1. The van der Waals surface area contributed by atoms with E-state index < -0.39 is 16.0 Å². The van der Waals surface area contributed by atoms with Gasteiger partial charge in [-0.05, 0) is 43.2 Å². The molecule has 1 heterocycles. The standard InChI is InChI=1S/C14H14N2O4S/c1-9-6-7-10(2)12(8-9)21(19,20)16-13-5-3-4-11(15-13)14(17)18/h3-8H,1-2H3,(H,15,16)(H,17,18). The molecule has 0 radical (unpaired) electrons. The number of nitrogens with zero attached hydrogens (tertiary/aromatic N) is 1. The summed E-state index contributed by atoms with van der Waals surface area (Å²) in [4.78, 5) is 14.7. The highest BCUT2D eigenvalue weighted by molar-refractivity contribution is 7.92. The molecule has 0 aliphatic heterocycles. The molecule has 6 nitrogen and oxygen atoms in total. The smallest absolute Gasteiger partial charge is 0.354 e. The first-order valence-corrected chi connectivity index (χ1v) is 7.58. The van der Waals surface area contributed by atoms with Crippen molar-refractivity contribution in [1.82, 2.24) is 4.98 Å². The van der Waals surface area contributed by atoms with Gasteiger partial charge in [0.1, 0.15) is 5.82 Å². The van der Waals surface area contributed by atoms with Crippen molar-refractivity contribution in [3.8, 4) is 0 Å². The maximum Gasteiger partial charge on any atom is 0.354 e. The Hall–Kier alpha value is -2.41. The van der Waals surface area contributed by atoms with Crippen molar-refractivity contribution in [2.24, 2.45) is 0 Å². The molecule has 0 saturated heterocycles. The Morgan fingerprint density at radius 3 is 2.57 bits per heavy atom. The van der Waals surface area contributed by atoms with Crippen LogP contribution < -0.4 is 4.72 Å². The SMILES string of the molecule is Cc1ccc(C)c(S(=O)(=O)Nc2cccc(C(=O)O)n2)c1. The molecule has 0 amide bonds. The van der Waals surface area contributed by atoms with Gasteiger partial charge in [0, 0.05) is 0 Å². The molecule has 0 unspecified atom stereocenters. The van der Waals surface area contributed by atoms with Gasteiger partial charge in [0.25, 0.3) is 10.0 Å². The second kappa shape index (κ2) is 5.53. The Kier molecular flexibility index (Phi) is 3.95. The first-order valence-electron chi connectivity index (χ1n) is 6.10. The van der Waals surface area contributed by atoms with Crippen molar-refractivity contribution >= 4 is 21.8 Å². The molecule has 0 aliphatic carbocycles. The Morgan fingerprint density at radius 1 is 1.19 bits per heavy atom. The lowest BCUT2D eigenvalue weighted by Crippen LogP contribution is -2.16. The first kappa shape index (κ1) is 15.0. The summed E-state index contributed by atoms with van der Waals surface area (Å²) >= 11 is 0. The fourth-order valence-electron chi connectivity index (χ4n) is 1.80. The largest absolute Gasteiger partial charge is 0.477 e. The van der Waals surface area contributed by atoms with E-state index >= 15 is 0 Å². The van der Waals surface area contributed by atoms with E-state index in [0.717, 1.165) is 5.56 Å². The number of aromatic carboxylic acids is 1. The zero-order chi connectivity index (χ0) is 15.6. The summed E-state index contributed by atoms with van der Waals surface area (Å²) in [6.45, 7) is 3.48. The normalized spacial score (nSPS) is 11.1. The number of sulfonamides is 1. The Balaban J connectivity index is 2.40. The average molecular weight is 306 g/mol. The molecular weight excluding hydrogens is 292 g/mol. The molecule has 2 aromatic rings. The number of aryl methyl sites for hydroxylation is 2. The Bertz CT molecular complexity index is 800. The summed E-state index contributed by atoms with van der Waals surface area (Å²) in [6, 6.07) is 9.20. The molecule has 0 fully saturated rings. The van der Waals surface area contributed by atoms with E-state index in [0.29, 0.717) is 5.56 Å². The monoisotopic (exact) mass is 306 g/mol. The Labute approximate surface area is 122 Å². The molecule has 0 aliphatic rings. The van der Waals surface area contributed by atoms with Crippen LogP contribution in [0.2, 0.25) is 0 Å². The third-order valence-corrected chi connectivity index (χ3v) is 4.34. The van der Waals surface area contributed by atoms with Gasteiger partial charge in [-0.3, -0.25) is 4.72 Å². The van der Waals surface area contributed by atoms with E-state index in [1.165, 1.54) is 18.2 Å². The van der Waals surface area contributed by atoms with Crippen molar-refractivity contribution in [1.29, 1.82) is 0 Å². The maximum absolute atomic E-state index is 12.4. The van der Waals surface area contributed by atoms with Gasteiger partial charge in [-0.1, -0.05) is 18.2 Å². The van der Waals surface area contributed by atoms with E-state index in [9.17, 15) is 13.2 Å². The van der Waals surface area contributed by atoms with E-state index in [1.54, 1.807) is 26.0 Å². The molecule has 7 heteroatoms. The second-order valence-corrected chi connectivity index (χ2v) is 6.24. The number of pyridine rings is 1. The van der Waals surface area contributed by atoms with Crippen LogP contribution in [0, 0.1) is 13.8 Å². The number of carboxylic acids is 1. The molecule has 2 N–H and O–H groups in total. The molecule has 0 spiro atoms. The minimum Gasteiger partial charge on any atom is -0.477 e. The molecule has 0 saturated carbocycles. The zero-order valence-corrected chi connectivity index (χ0v) is 12.3. The predicted octanol–water partition coefficient (Wildman–Crippen LogP) is 2.20. The number of hydrogen-bond donors (Lipinski definition) is 2. The van der Waals surface area contributed by atoms with E-state index in [2.05, 4.69) is 9.71 Å². The topological polar surface area (TPSA) is 96.4 Å². The summed E-state index contributed by atoms with van der Waals surface area (Å²) in [5.41, 5.74) is 1.19. The van der Waals surface area contributed by atoms with E-state index in [4.69, 9.17) is 5.11 Å². The van der Waals surface area contributed by atoms with Crippen LogP contribution in [0.4, 0.5) is 5.82 Å². The van der Waals surface area contributed by atoms with Crippen LogP contribution in [0.5, 0.6) is 0 Å². The predicted molar refractivity (Wildman–Crippen MR) is 77.9 cm³/mol. The van der Waals surface area contributed by atoms with Crippen molar-refractivity contribution in [3.05, 3.63) is 53.2 Å². The van der Waals surface area contributed by atoms with Gasteiger partial charge in [-0.2, -0.15) is 0 Å². The van der Waals surface area contributed by atoms with E-state index in [1.807, 2.05) is 6.07 Å². The van der Waals surface area contributed by atoms with Crippen molar-refractivity contribution in [3.63, 3.8) is 0 Å². The highest BCUT2D eigenvalue weighted by Gasteiger charge is 2.18. The third-order valence-electron chi connectivity index (χ3n) is 2.84. The fraction of sp³-hybridized carbons (Fsp3) is 0.143. The lowest BCUT2D eigenvalue weighted by atomic mass is 10.2. The number of aromatic nitrogens is 1. The number of carboxylic acid groups (broad SMARTS) is 1. The molecular formula is C14H14N2O4S. The van der Waals surface area contributed by atoms with Crippen LogP contribution in [0.1, 0.15) is 21.6 Å². The lowest BCUT2D eigenvalue weighted by Gasteiger charge is -2.10. The summed E-state index contributed by atoms with van der Waals surface area (Å²) in [7, 11) is -3.81. The number of rotatable bonds is 4. The van der Waals surface area contributed by atoms with Crippen molar-refractivity contribution in [2.45, 2.75) is 18.7 Å². The summed E-state index contributed by atoms with van der Waals surface area (Å²) in [5.74, 6) is -1.25. The zero-order valence-electron chi connectivity index (χ0n) is 11.5. The van der Waals surface area contributed by atoms with Crippen LogP contribution in [-0.4, -0.2) is 24.5 Å². The van der Waals surface area contributed by atoms with Crippen LogP contribution in [0.15, 0.2) is 41.3 Å². The number of hydrogen-bond acceptors (Lipinski definition) is 4. The highest BCUT2D eigenvalue weighted by Crippen LogP contribution is 2.19. The third kappa shape index (κ3) is 3.38. The molecule has 1 aromatic carbocycles. The highest BCUT2D eigenvalue weighted by atomic mass is 32.2. The van der Waals surface area contributed by atoms with Crippen molar-refractivity contribution in [2.75, 3.05) is 4.72 Å². The van der Waals surface area contributed by atoms with Gasteiger partial charge in [-0.25, -0.2) is 18.2 Å². The van der Waals surface area contributed by atoms with Gasteiger partial charge < -0.3 is 5.11 Å². The van der Waals surface area contributed by atoms with Gasteiger partial charge in [0.05, 0.1) is 4.90 Å². The second-order valence-electron chi connectivity index (χ2n) is 4.59. The van der Waals surface area contributed by atoms with Crippen LogP contribution >= 0.6 is 0 Å². The number of anilines is 1. The van der Waals surface area contributed by atoms with Crippen molar-refractivity contribution < 1.29 is 18.3 Å². The van der Waals surface area contributed by atoms with Gasteiger partial charge in [0.15, 0.2) is 5.69 Å². The summed E-state index contributed by atoms with van der Waals surface area (Å²) in [5, 5.41) is 8.87. The molecule has 1 aromatic heterocycles. The molecule has 2 rings (SSSR count). The lowest BCUT2D eigenvalue weighted by molar-refractivity contribution is 0.0690.